The van der Waals surface area contributed by atoms with Gasteiger partial charge in [-0.3, -0.25) is 0 Å². The summed E-state index contributed by atoms with van der Waals surface area (Å²) in [6.45, 7) is 8.80. The molecule has 0 heterocycles. The number of benzene rings is 1. The molecule has 2 rings (SSSR count). The van der Waals surface area contributed by atoms with E-state index in [1.54, 1.807) is 0 Å². The molecule has 1 fully saturated rings. The molecule has 2 heteroatoms. The highest BCUT2D eigenvalue weighted by Gasteiger charge is 2.28. The van der Waals surface area contributed by atoms with Crippen molar-refractivity contribution in [3.05, 3.63) is 28.8 Å². The van der Waals surface area contributed by atoms with E-state index in [1.165, 1.54) is 48.8 Å². The second-order valence-corrected chi connectivity index (χ2v) is 6.51. The fourth-order valence-electron chi connectivity index (χ4n) is 3.92. The van der Waals surface area contributed by atoms with Gasteiger partial charge in [-0.2, -0.15) is 0 Å². The van der Waals surface area contributed by atoms with Gasteiger partial charge in [0.15, 0.2) is 0 Å². The van der Waals surface area contributed by atoms with Crippen LogP contribution < -0.4 is 10.1 Å². The molecule has 1 saturated carbocycles. The Balaban J connectivity index is 2.35. The zero-order chi connectivity index (χ0) is 15.2. The number of rotatable bonds is 5. The Kier molecular flexibility index (Phi) is 6.10. The summed E-state index contributed by atoms with van der Waals surface area (Å²) in [4.78, 5) is 0. The third-order valence-electron chi connectivity index (χ3n) is 4.90. The topological polar surface area (TPSA) is 21.3 Å². The number of nitrogens with one attached hydrogen (secondary N) is 1. The summed E-state index contributed by atoms with van der Waals surface area (Å²) >= 11 is 0. The number of ether oxygens (including phenoxy) is 1. The number of hydrogen-bond acceptors (Lipinski definition) is 2. The first kappa shape index (κ1) is 16.4. The molecule has 1 aromatic carbocycles. The van der Waals surface area contributed by atoms with Crippen LogP contribution in [0.4, 0.5) is 0 Å². The quantitative estimate of drug-likeness (QED) is 0.801. The van der Waals surface area contributed by atoms with Crippen LogP contribution in [0.3, 0.4) is 0 Å². The van der Waals surface area contributed by atoms with Crippen LogP contribution in [0.2, 0.25) is 0 Å². The molecule has 2 unspecified atom stereocenters. The van der Waals surface area contributed by atoms with Crippen molar-refractivity contribution in [3.63, 3.8) is 0 Å². The van der Waals surface area contributed by atoms with E-state index >= 15 is 0 Å². The third kappa shape index (κ3) is 4.00. The fourth-order valence-corrected chi connectivity index (χ4v) is 3.92. The predicted octanol–water partition coefficient (Wildman–Crippen LogP) is 4.59. The van der Waals surface area contributed by atoms with Crippen LogP contribution in [0, 0.1) is 19.8 Å². The first-order chi connectivity index (χ1) is 10.2. The molecule has 0 aromatic heterocycles. The molecule has 0 aliphatic heterocycles. The molecule has 0 saturated heterocycles. The van der Waals surface area contributed by atoms with Crippen LogP contribution >= 0.6 is 0 Å². The minimum absolute atomic E-state index is 0.641. The zero-order valence-electron chi connectivity index (χ0n) is 14.2. The van der Waals surface area contributed by atoms with Crippen molar-refractivity contribution in [3.8, 4) is 5.75 Å². The first-order valence-electron chi connectivity index (χ1n) is 8.53. The van der Waals surface area contributed by atoms with E-state index in [-0.39, 0.29) is 0 Å². The van der Waals surface area contributed by atoms with Gasteiger partial charge in [0.25, 0.3) is 0 Å². The number of methoxy groups -OCH3 is 1. The zero-order valence-corrected chi connectivity index (χ0v) is 14.2. The van der Waals surface area contributed by atoms with Gasteiger partial charge in [-0.05, 0) is 68.8 Å². The second kappa shape index (κ2) is 7.84. The lowest BCUT2D eigenvalue weighted by Gasteiger charge is -2.29. The Morgan fingerprint density at radius 1 is 1.14 bits per heavy atom. The highest BCUT2D eigenvalue weighted by atomic mass is 16.5. The Morgan fingerprint density at radius 2 is 1.90 bits per heavy atom. The lowest BCUT2D eigenvalue weighted by atomic mass is 9.79. The maximum absolute atomic E-state index is 5.73. The molecule has 0 amide bonds. The Morgan fingerprint density at radius 3 is 2.62 bits per heavy atom. The maximum Gasteiger partial charge on any atom is 0.122 e. The molecule has 2 atom stereocenters. The summed E-state index contributed by atoms with van der Waals surface area (Å²) in [6, 6.07) is 4.52. The molecule has 1 aliphatic carbocycles. The van der Waals surface area contributed by atoms with Gasteiger partial charge in [0.1, 0.15) is 5.75 Å². The molecule has 21 heavy (non-hydrogen) atoms. The van der Waals surface area contributed by atoms with E-state index in [0.717, 1.165) is 24.8 Å². The van der Waals surface area contributed by atoms with Crippen LogP contribution in [0.5, 0.6) is 5.75 Å². The van der Waals surface area contributed by atoms with Crippen LogP contribution in [0.25, 0.3) is 0 Å². The average Bonchev–Trinajstić information content (AvgIpc) is 2.69. The van der Waals surface area contributed by atoms with Crippen molar-refractivity contribution >= 4 is 0 Å². The van der Waals surface area contributed by atoms with Crippen molar-refractivity contribution in [2.45, 2.75) is 58.8 Å². The van der Waals surface area contributed by atoms with Crippen LogP contribution in [0.15, 0.2) is 12.1 Å². The predicted molar refractivity (Wildman–Crippen MR) is 90.3 cm³/mol. The van der Waals surface area contributed by atoms with Gasteiger partial charge >= 0.3 is 0 Å². The molecule has 0 spiro atoms. The molecule has 2 nitrogen and oxygen atoms in total. The van der Waals surface area contributed by atoms with E-state index in [1.807, 2.05) is 7.11 Å². The van der Waals surface area contributed by atoms with Crippen molar-refractivity contribution in [2.24, 2.45) is 5.92 Å². The number of aryl methyl sites for hydroxylation is 2. The SMILES string of the molecule is CCNCC1CCCCCC1c1c(C)cc(C)cc1OC. The first-order valence-corrected chi connectivity index (χ1v) is 8.53. The fraction of sp³-hybridized carbons (Fsp3) is 0.684. The van der Waals surface area contributed by atoms with Gasteiger partial charge in [-0.15, -0.1) is 0 Å². The second-order valence-electron chi connectivity index (χ2n) is 6.51. The Bertz CT molecular complexity index is 455. The van der Waals surface area contributed by atoms with E-state index in [4.69, 9.17) is 4.74 Å². The van der Waals surface area contributed by atoms with Gasteiger partial charge in [0, 0.05) is 5.56 Å². The lowest BCUT2D eigenvalue weighted by molar-refractivity contribution is 0.355. The summed E-state index contributed by atoms with van der Waals surface area (Å²) in [6.07, 6.45) is 6.75. The molecular formula is C19H31NO. The van der Waals surface area contributed by atoms with Gasteiger partial charge in [0.05, 0.1) is 7.11 Å². The molecule has 0 bridgehead atoms. The Hall–Kier alpha value is -1.02. The van der Waals surface area contributed by atoms with Crippen LogP contribution in [-0.2, 0) is 0 Å². The number of hydrogen-bond donors (Lipinski definition) is 1. The van der Waals surface area contributed by atoms with Gasteiger partial charge in [-0.25, -0.2) is 0 Å². The van der Waals surface area contributed by atoms with E-state index in [9.17, 15) is 0 Å². The smallest absolute Gasteiger partial charge is 0.122 e. The standard InChI is InChI=1S/C19H31NO/c1-5-20-13-16-9-7-6-8-10-17(16)19-15(3)11-14(2)12-18(19)21-4/h11-12,16-17,20H,5-10,13H2,1-4H3. The summed E-state index contributed by atoms with van der Waals surface area (Å²) in [5.74, 6) is 2.48. The molecular weight excluding hydrogens is 258 g/mol. The largest absolute Gasteiger partial charge is 0.496 e. The third-order valence-corrected chi connectivity index (χ3v) is 4.90. The summed E-state index contributed by atoms with van der Waals surface area (Å²) in [7, 11) is 1.81. The minimum Gasteiger partial charge on any atom is -0.496 e. The molecule has 1 aromatic rings. The van der Waals surface area contributed by atoms with Crippen molar-refractivity contribution in [1.29, 1.82) is 0 Å². The normalized spacial score (nSPS) is 22.9. The van der Waals surface area contributed by atoms with Gasteiger partial charge < -0.3 is 10.1 Å². The molecule has 1 N–H and O–H groups in total. The van der Waals surface area contributed by atoms with Crippen molar-refractivity contribution in [1.82, 2.24) is 5.32 Å². The maximum atomic E-state index is 5.73. The Labute approximate surface area is 130 Å². The average molecular weight is 289 g/mol. The summed E-state index contributed by atoms with van der Waals surface area (Å²) < 4.78 is 5.73. The molecule has 0 radical (unpaired) electrons. The van der Waals surface area contributed by atoms with E-state index in [2.05, 4.69) is 38.2 Å². The van der Waals surface area contributed by atoms with Crippen molar-refractivity contribution < 1.29 is 4.74 Å². The van der Waals surface area contributed by atoms with E-state index < -0.39 is 0 Å². The summed E-state index contributed by atoms with van der Waals surface area (Å²) in [5.41, 5.74) is 4.16. The van der Waals surface area contributed by atoms with Crippen LogP contribution in [-0.4, -0.2) is 20.2 Å². The van der Waals surface area contributed by atoms with Crippen LogP contribution in [0.1, 0.15) is 61.6 Å². The molecule has 118 valence electrons. The summed E-state index contributed by atoms with van der Waals surface area (Å²) in [5, 5.41) is 3.57. The van der Waals surface area contributed by atoms with E-state index in [0.29, 0.717) is 5.92 Å². The minimum atomic E-state index is 0.641. The van der Waals surface area contributed by atoms with Gasteiger partial charge in [-0.1, -0.05) is 32.3 Å². The molecule has 1 aliphatic rings. The lowest BCUT2D eigenvalue weighted by Crippen LogP contribution is -2.27. The van der Waals surface area contributed by atoms with Crippen molar-refractivity contribution in [2.75, 3.05) is 20.2 Å². The monoisotopic (exact) mass is 289 g/mol. The van der Waals surface area contributed by atoms with Gasteiger partial charge in [0.2, 0.25) is 0 Å². The highest BCUT2D eigenvalue weighted by Crippen LogP contribution is 2.42. The highest BCUT2D eigenvalue weighted by molar-refractivity contribution is 5.45.